The van der Waals surface area contributed by atoms with Gasteiger partial charge in [0.1, 0.15) is 31.5 Å². The molecule has 0 spiro atoms. The number of ether oxygens (including phenoxy) is 3. The third kappa shape index (κ3) is 4.10. The van der Waals surface area contributed by atoms with E-state index in [0.717, 1.165) is 0 Å². The first-order valence-electron chi connectivity index (χ1n) is 12.2. The van der Waals surface area contributed by atoms with E-state index in [4.69, 9.17) is 19.9 Å². The number of hydrogen-bond acceptors (Lipinski definition) is 9. The number of nitrogens with zero attached hydrogens (tertiary/aromatic N) is 2. The van der Waals surface area contributed by atoms with E-state index in [1.807, 2.05) is 0 Å². The summed E-state index contributed by atoms with van der Waals surface area (Å²) in [5.74, 6) is -1.19. The lowest BCUT2D eigenvalue weighted by molar-refractivity contribution is -0.172. The molecule has 4 heterocycles. The van der Waals surface area contributed by atoms with Gasteiger partial charge in [-0.15, -0.1) is 0 Å². The predicted octanol–water partition coefficient (Wildman–Crippen LogP) is 0.955. The van der Waals surface area contributed by atoms with E-state index in [9.17, 15) is 23.9 Å². The summed E-state index contributed by atoms with van der Waals surface area (Å²) in [6.07, 6.45) is 0.0182. The fraction of sp³-hybridized carbons (Fsp3) is 0.385. The zero-order valence-electron chi connectivity index (χ0n) is 20.9. The number of nitrogens with one attached hydrogen (secondary N) is 1. The summed E-state index contributed by atoms with van der Waals surface area (Å²) in [4.78, 5) is 41.8. The van der Waals surface area contributed by atoms with Crippen LogP contribution in [-0.4, -0.2) is 53.0 Å². The van der Waals surface area contributed by atoms with Crippen molar-refractivity contribution >= 4 is 22.8 Å². The van der Waals surface area contributed by atoms with Crippen LogP contribution in [-0.2, 0) is 37.8 Å². The Bertz CT molecular complexity index is 1540. The number of cyclic esters (lactones) is 1. The molecule has 3 aromatic rings. The van der Waals surface area contributed by atoms with E-state index in [0.29, 0.717) is 39.2 Å². The van der Waals surface area contributed by atoms with Crippen LogP contribution in [0.15, 0.2) is 23.0 Å². The molecular weight excluding hydrogens is 499 g/mol. The van der Waals surface area contributed by atoms with E-state index in [-0.39, 0.29) is 63.1 Å². The molecule has 12 heteroatoms. The van der Waals surface area contributed by atoms with Crippen molar-refractivity contribution < 1.29 is 33.3 Å². The molecule has 200 valence electrons. The molecule has 0 radical (unpaired) electrons. The minimum absolute atomic E-state index is 0.0182. The minimum atomic E-state index is -1.96. The molecule has 0 aliphatic carbocycles. The Balaban J connectivity index is 1.57. The Morgan fingerprint density at radius 1 is 1.29 bits per heavy atom. The fourth-order valence-corrected chi connectivity index (χ4v) is 4.82. The first-order chi connectivity index (χ1) is 18.2. The zero-order valence-corrected chi connectivity index (χ0v) is 20.9. The van der Waals surface area contributed by atoms with Gasteiger partial charge >= 0.3 is 5.97 Å². The van der Waals surface area contributed by atoms with Crippen molar-refractivity contribution in [1.82, 2.24) is 14.9 Å². The second-order valence-electron chi connectivity index (χ2n) is 9.19. The van der Waals surface area contributed by atoms with Crippen molar-refractivity contribution in [3.05, 3.63) is 56.6 Å². The molecule has 0 fully saturated rings. The molecule has 11 nitrogen and oxygen atoms in total. The Hall–Kier alpha value is -3.87. The van der Waals surface area contributed by atoms with Crippen molar-refractivity contribution in [3.8, 4) is 17.1 Å². The van der Waals surface area contributed by atoms with Crippen LogP contribution in [0, 0.1) is 12.7 Å². The number of carbonyl (C=O) groups is 2. The standard InChI is InChI=1S/C26H27FN4O7/c1-3-26(35)17-7-20-22-15(10-31(20)24(33)16(17)11-38-25(26)34)23(37-5-4-36-12-29-21(32)9-28)14-6-13(2)18(27)8-19(14)30-22/h6-8,35H,3-5,9-12,28H2,1-2H3,(H,29,32)/t26-/m0/s1. The smallest absolute Gasteiger partial charge is 0.343 e. The number of esters is 1. The van der Waals surface area contributed by atoms with Crippen molar-refractivity contribution in [2.24, 2.45) is 5.73 Å². The Kier molecular flexibility index (Phi) is 6.63. The number of aryl methyl sites for hydroxylation is 1. The van der Waals surface area contributed by atoms with Gasteiger partial charge in [-0.05, 0) is 31.0 Å². The Labute approximate surface area is 216 Å². The number of nitrogens with two attached hydrogens (primary N) is 1. The van der Waals surface area contributed by atoms with Crippen LogP contribution in [0.25, 0.3) is 22.3 Å². The van der Waals surface area contributed by atoms with Crippen LogP contribution < -0.4 is 21.3 Å². The predicted molar refractivity (Wildman–Crippen MR) is 133 cm³/mol. The van der Waals surface area contributed by atoms with E-state index >= 15 is 0 Å². The van der Waals surface area contributed by atoms with Gasteiger partial charge in [-0.25, -0.2) is 14.2 Å². The summed E-state index contributed by atoms with van der Waals surface area (Å²) in [6.45, 7) is 3.18. The van der Waals surface area contributed by atoms with Crippen molar-refractivity contribution in [3.63, 3.8) is 0 Å². The summed E-state index contributed by atoms with van der Waals surface area (Å²) >= 11 is 0. The van der Waals surface area contributed by atoms with Gasteiger partial charge in [0.25, 0.3) is 5.56 Å². The van der Waals surface area contributed by atoms with E-state index in [1.54, 1.807) is 26.0 Å². The Morgan fingerprint density at radius 2 is 2.08 bits per heavy atom. The number of rotatable bonds is 8. The lowest BCUT2D eigenvalue weighted by Gasteiger charge is -2.31. The molecule has 1 aromatic carbocycles. The van der Waals surface area contributed by atoms with Gasteiger partial charge in [-0.2, -0.15) is 0 Å². The number of pyridine rings is 2. The summed E-state index contributed by atoms with van der Waals surface area (Å²) in [6, 6.07) is 4.52. The molecule has 0 bridgehead atoms. The quantitative estimate of drug-likeness (QED) is 0.173. The molecule has 0 saturated heterocycles. The summed E-state index contributed by atoms with van der Waals surface area (Å²) in [5, 5.41) is 14.1. The molecule has 4 N–H and O–H groups in total. The van der Waals surface area contributed by atoms with E-state index in [1.165, 1.54) is 10.6 Å². The van der Waals surface area contributed by atoms with Crippen molar-refractivity contribution in [2.45, 2.75) is 39.0 Å². The molecular formula is C26H27FN4O7. The molecule has 1 atom stereocenters. The van der Waals surface area contributed by atoms with Crippen LogP contribution >= 0.6 is 0 Å². The van der Waals surface area contributed by atoms with Crippen molar-refractivity contribution in [1.29, 1.82) is 0 Å². The summed E-state index contributed by atoms with van der Waals surface area (Å²) in [5.41, 5.74) is 5.37. The molecule has 38 heavy (non-hydrogen) atoms. The third-order valence-electron chi connectivity index (χ3n) is 6.95. The summed E-state index contributed by atoms with van der Waals surface area (Å²) in [7, 11) is 0. The molecule has 0 unspecified atom stereocenters. The van der Waals surface area contributed by atoms with Gasteiger partial charge in [0.15, 0.2) is 5.60 Å². The zero-order chi connectivity index (χ0) is 27.2. The first-order valence-corrected chi connectivity index (χ1v) is 12.2. The van der Waals surface area contributed by atoms with E-state index < -0.39 is 22.9 Å². The van der Waals surface area contributed by atoms with Gasteiger partial charge in [0, 0.05) is 22.6 Å². The molecule has 2 aliphatic heterocycles. The molecule has 1 amide bonds. The number of aliphatic hydroxyl groups is 1. The fourth-order valence-electron chi connectivity index (χ4n) is 4.82. The Morgan fingerprint density at radius 3 is 2.82 bits per heavy atom. The molecule has 5 rings (SSSR count). The number of benzene rings is 1. The normalized spacial score (nSPS) is 17.6. The average Bonchev–Trinajstić information content (AvgIpc) is 3.27. The van der Waals surface area contributed by atoms with Gasteiger partial charge in [-0.3, -0.25) is 9.59 Å². The van der Waals surface area contributed by atoms with Gasteiger partial charge in [0.2, 0.25) is 5.91 Å². The maximum absolute atomic E-state index is 14.5. The minimum Gasteiger partial charge on any atom is -0.490 e. The van der Waals surface area contributed by atoms with Crippen LogP contribution in [0.4, 0.5) is 4.39 Å². The lowest BCUT2D eigenvalue weighted by Crippen LogP contribution is -2.44. The van der Waals surface area contributed by atoms with Gasteiger partial charge in [-0.1, -0.05) is 6.92 Å². The third-order valence-corrected chi connectivity index (χ3v) is 6.95. The van der Waals surface area contributed by atoms with Gasteiger partial charge in [0.05, 0.1) is 42.2 Å². The van der Waals surface area contributed by atoms with Crippen LogP contribution in [0.5, 0.6) is 5.75 Å². The highest BCUT2D eigenvalue weighted by molar-refractivity contribution is 5.92. The highest BCUT2D eigenvalue weighted by atomic mass is 19.1. The number of aromatic nitrogens is 2. The van der Waals surface area contributed by atoms with Crippen LogP contribution in [0.1, 0.15) is 35.6 Å². The van der Waals surface area contributed by atoms with Crippen LogP contribution in [0.2, 0.25) is 0 Å². The number of halogens is 1. The average molecular weight is 527 g/mol. The number of fused-ring (bicyclic) bond motifs is 5. The maximum atomic E-state index is 14.5. The largest absolute Gasteiger partial charge is 0.490 e. The summed E-state index contributed by atoms with van der Waals surface area (Å²) < 4.78 is 32.6. The maximum Gasteiger partial charge on any atom is 0.343 e. The highest BCUT2D eigenvalue weighted by Crippen LogP contribution is 2.43. The number of amides is 1. The van der Waals surface area contributed by atoms with Gasteiger partial charge < -0.3 is 34.9 Å². The molecule has 0 saturated carbocycles. The lowest BCUT2D eigenvalue weighted by atomic mass is 9.86. The van der Waals surface area contributed by atoms with E-state index in [2.05, 4.69) is 10.3 Å². The monoisotopic (exact) mass is 526 g/mol. The topological polar surface area (TPSA) is 155 Å². The van der Waals surface area contributed by atoms with Crippen LogP contribution in [0.3, 0.4) is 0 Å². The SMILES string of the molecule is CC[C@@]1(O)C(=O)OCc2c1cc1n(c2=O)Cc2c-1nc1cc(F)c(C)cc1c2OCCOCNC(=O)CN. The second kappa shape index (κ2) is 9.78. The highest BCUT2D eigenvalue weighted by Gasteiger charge is 2.45. The second-order valence-corrected chi connectivity index (χ2v) is 9.19. The number of hydrogen-bond donors (Lipinski definition) is 3. The molecule has 2 aliphatic rings. The molecule has 2 aromatic heterocycles. The first kappa shape index (κ1) is 25.8. The van der Waals surface area contributed by atoms with Crippen molar-refractivity contribution in [2.75, 3.05) is 26.5 Å². The number of carbonyl (C=O) groups excluding carboxylic acids is 2.